The Hall–Kier alpha value is -3.17. The summed E-state index contributed by atoms with van der Waals surface area (Å²) in [5.41, 5.74) is 0.253. The lowest BCUT2D eigenvalue weighted by Gasteiger charge is -2.06. The summed E-state index contributed by atoms with van der Waals surface area (Å²) >= 11 is 0. The van der Waals surface area contributed by atoms with Crippen molar-refractivity contribution >= 4 is 23.2 Å². The molecule has 1 aromatic carbocycles. The number of nitro groups is 1. The van der Waals surface area contributed by atoms with Gasteiger partial charge in [-0.1, -0.05) is 0 Å². The summed E-state index contributed by atoms with van der Waals surface area (Å²) in [7, 11) is 4.99. The van der Waals surface area contributed by atoms with Crippen LogP contribution in [0.1, 0.15) is 16.2 Å². The van der Waals surface area contributed by atoms with Crippen LogP contribution < -0.4 is 15.5 Å². The molecule has 0 aliphatic carbocycles. The molecule has 1 aromatic heterocycles. The van der Waals surface area contributed by atoms with Gasteiger partial charge in [0, 0.05) is 32.8 Å². The number of rotatable bonds is 6. The highest BCUT2D eigenvalue weighted by atomic mass is 16.6. The van der Waals surface area contributed by atoms with Crippen LogP contribution in [0.25, 0.3) is 0 Å². The molecule has 0 saturated carbocycles. The second-order valence-corrected chi connectivity index (χ2v) is 4.80. The minimum Gasteiger partial charge on any atom is -0.371 e. The average Bonchev–Trinajstić information content (AvgIpc) is 3.01. The molecule has 10 heteroatoms. The van der Waals surface area contributed by atoms with Crippen molar-refractivity contribution in [1.29, 1.82) is 0 Å². The second-order valence-electron chi connectivity index (χ2n) is 4.80. The summed E-state index contributed by atoms with van der Waals surface area (Å²) in [6.07, 6.45) is 0. The molecule has 0 radical (unpaired) electrons. The van der Waals surface area contributed by atoms with Gasteiger partial charge in [0.15, 0.2) is 0 Å². The lowest BCUT2D eigenvalue weighted by atomic mass is 10.1. The van der Waals surface area contributed by atoms with Crippen LogP contribution in [0.15, 0.2) is 22.7 Å². The Morgan fingerprint density at radius 1 is 1.43 bits per heavy atom. The normalized spacial score (nSPS) is 10.2. The van der Waals surface area contributed by atoms with E-state index in [1.165, 1.54) is 25.2 Å². The standard InChI is InChI=1S/C13H16N6O4/c1-14-12(20)8-4-5-9(10(6-8)19(21)22)15-7-11-16-13(17-23-11)18(2)3/h4-6,15H,7H2,1-3H3,(H,14,20). The molecule has 1 amide bonds. The Bertz CT molecular complexity index is 727. The average molecular weight is 320 g/mol. The molecule has 2 rings (SSSR count). The molecular weight excluding hydrogens is 304 g/mol. The van der Waals surface area contributed by atoms with E-state index in [1.807, 2.05) is 0 Å². The van der Waals surface area contributed by atoms with Crippen molar-refractivity contribution in [3.8, 4) is 0 Å². The zero-order valence-corrected chi connectivity index (χ0v) is 12.9. The molecular formula is C13H16N6O4. The van der Waals surface area contributed by atoms with Gasteiger partial charge in [-0.3, -0.25) is 14.9 Å². The zero-order chi connectivity index (χ0) is 17.0. The predicted molar refractivity (Wildman–Crippen MR) is 82.4 cm³/mol. The van der Waals surface area contributed by atoms with E-state index in [4.69, 9.17) is 4.52 Å². The molecule has 0 saturated heterocycles. The molecule has 0 spiro atoms. The maximum Gasteiger partial charge on any atom is 0.293 e. The lowest BCUT2D eigenvalue weighted by molar-refractivity contribution is -0.384. The first-order valence-corrected chi connectivity index (χ1v) is 6.66. The van der Waals surface area contributed by atoms with E-state index in [2.05, 4.69) is 20.8 Å². The van der Waals surface area contributed by atoms with Gasteiger partial charge in [0.1, 0.15) is 5.69 Å². The number of amides is 1. The molecule has 0 fully saturated rings. The van der Waals surface area contributed by atoms with E-state index < -0.39 is 10.8 Å². The van der Waals surface area contributed by atoms with Gasteiger partial charge in [-0.2, -0.15) is 4.98 Å². The molecule has 2 aromatic rings. The van der Waals surface area contributed by atoms with Gasteiger partial charge in [0.2, 0.25) is 5.89 Å². The van der Waals surface area contributed by atoms with Gasteiger partial charge in [-0.05, 0) is 17.3 Å². The van der Waals surface area contributed by atoms with Gasteiger partial charge >= 0.3 is 0 Å². The third-order valence-corrected chi connectivity index (χ3v) is 2.97. The summed E-state index contributed by atoms with van der Waals surface area (Å²) in [6.45, 7) is 0.126. The first-order valence-electron chi connectivity index (χ1n) is 6.66. The first-order chi connectivity index (χ1) is 10.9. The number of aromatic nitrogens is 2. The lowest BCUT2D eigenvalue weighted by Crippen LogP contribution is -2.18. The number of hydrogen-bond acceptors (Lipinski definition) is 8. The van der Waals surface area contributed by atoms with Crippen LogP contribution in [0.4, 0.5) is 17.3 Å². The van der Waals surface area contributed by atoms with Crippen LogP contribution in [0.5, 0.6) is 0 Å². The zero-order valence-electron chi connectivity index (χ0n) is 12.9. The number of hydrogen-bond donors (Lipinski definition) is 2. The first kappa shape index (κ1) is 16.2. The van der Waals surface area contributed by atoms with Crippen molar-refractivity contribution in [2.24, 2.45) is 0 Å². The van der Waals surface area contributed by atoms with Crippen LogP contribution in [0, 0.1) is 10.1 Å². The van der Waals surface area contributed by atoms with Gasteiger partial charge in [0.05, 0.1) is 11.5 Å². The van der Waals surface area contributed by atoms with Crippen LogP contribution in [0.2, 0.25) is 0 Å². The van der Waals surface area contributed by atoms with Crippen molar-refractivity contribution < 1.29 is 14.2 Å². The van der Waals surface area contributed by atoms with E-state index in [-0.39, 0.29) is 23.5 Å². The van der Waals surface area contributed by atoms with E-state index in [9.17, 15) is 14.9 Å². The van der Waals surface area contributed by atoms with Gasteiger partial charge < -0.3 is 20.1 Å². The largest absolute Gasteiger partial charge is 0.371 e. The smallest absolute Gasteiger partial charge is 0.293 e. The van der Waals surface area contributed by atoms with Gasteiger partial charge in [0.25, 0.3) is 17.5 Å². The Labute approximate surface area is 131 Å². The molecule has 0 unspecified atom stereocenters. The highest BCUT2D eigenvalue weighted by Crippen LogP contribution is 2.26. The molecule has 2 N–H and O–H groups in total. The van der Waals surface area contributed by atoms with Crippen LogP contribution in [0.3, 0.4) is 0 Å². The maximum absolute atomic E-state index is 11.6. The molecule has 0 atom stereocenters. The van der Waals surface area contributed by atoms with Crippen molar-refractivity contribution in [3.63, 3.8) is 0 Å². The van der Waals surface area contributed by atoms with Crippen molar-refractivity contribution in [2.45, 2.75) is 6.54 Å². The third-order valence-electron chi connectivity index (χ3n) is 2.97. The highest BCUT2D eigenvalue weighted by molar-refractivity contribution is 5.95. The summed E-state index contributed by atoms with van der Waals surface area (Å²) in [6, 6.07) is 4.17. The van der Waals surface area contributed by atoms with Crippen LogP contribution in [-0.2, 0) is 6.54 Å². The number of benzene rings is 1. The number of nitrogens with one attached hydrogen (secondary N) is 2. The Balaban J connectivity index is 2.18. The highest BCUT2D eigenvalue weighted by Gasteiger charge is 2.18. The summed E-state index contributed by atoms with van der Waals surface area (Å²) in [5, 5.41) is 20.2. The predicted octanol–water partition coefficient (Wildman–Crippen LogP) is 1.02. The molecule has 122 valence electrons. The van der Waals surface area contributed by atoms with Gasteiger partial charge in [-0.25, -0.2) is 0 Å². The monoisotopic (exact) mass is 320 g/mol. The van der Waals surface area contributed by atoms with Crippen LogP contribution in [-0.4, -0.2) is 42.1 Å². The van der Waals surface area contributed by atoms with E-state index >= 15 is 0 Å². The van der Waals surface area contributed by atoms with Crippen LogP contribution >= 0.6 is 0 Å². The van der Waals surface area contributed by atoms with E-state index in [1.54, 1.807) is 19.0 Å². The SMILES string of the molecule is CNC(=O)c1ccc(NCc2nc(N(C)C)no2)c([N+](=O)[O-])c1. The maximum atomic E-state index is 11.6. The summed E-state index contributed by atoms with van der Waals surface area (Å²) < 4.78 is 5.03. The third kappa shape index (κ3) is 3.73. The number of nitrogens with zero attached hydrogens (tertiary/aromatic N) is 4. The Kier molecular flexibility index (Phi) is 4.74. The summed E-state index contributed by atoms with van der Waals surface area (Å²) in [4.78, 5) is 27.9. The fraction of sp³-hybridized carbons (Fsp3) is 0.308. The fourth-order valence-electron chi connectivity index (χ4n) is 1.79. The fourth-order valence-corrected chi connectivity index (χ4v) is 1.79. The number of carbonyl (C=O) groups is 1. The molecule has 10 nitrogen and oxygen atoms in total. The second kappa shape index (κ2) is 6.73. The minimum atomic E-state index is -0.562. The minimum absolute atomic E-state index is 0.126. The summed E-state index contributed by atoms with van der Waals surface area (Å²) in [5.74, 6) is 0.303. The molecule has 23 heavy (non-hydrogen) atoms. The van der Waals surface area contributed by atoms with Gasteiger partial charge in [-0.15, -0.1) is 0 Å². The van der Waals surface area contributed by atoms with Crippen molar-refractivity contribution in [3.05, 3.63) is 39.8 Å². The molecule has 1 heterocycles. The van der Waals surface area contributed by atoms with Crippen molar-refractivity contribution in [1.82, 2.24) is 15.5 Å². The Morgan fingerprint density at radius 2 is 2.17 bits per heavy atom. The molecule has 0 aliphatic rings. The molecule has 0 aliphatic heterocycles. The van der Waals surface area contributed by atoms with E-state index in [0.29, 0.717) is 11.8 Å². The number of anilines is 2. The quantitative estimate of drug-likeness (QED) is 0.596. The number of carbonyl (C=O) groups excluding carboxylic acids is 1. The topological polar surface area (TPSA) is 126 Å². The van der Waals surface area contributed by atoms with E-state index in [0.717, 1.165) is 0 Å². The number of nitro benzene ring substituents is 1. The molecule has 0 bridgehead atoms. The van der Waals surface area contributed by atoms with Crippen molar-refractivity contribution in [2.75, 3.05) is 31.4 Å². The Morgan fingerprint density at radius 3 is 2.74 bits per heavy atom.